The number of rotatable bonds is 4. The fourth-order valence-electron chi connectivity index (χ4n) is 1.20. The Morgan fingerprint density at radius 3 is 2.69 bits per heavy atom. The van der Waals surface area contributed by atoms with Gasteiger partial charge in [-0.25, -0.2) is 0 Å². The summed E-state index contributed by atoms with van der Waals surface area (Å²) in [5, 5.41) is 0. The molecule has 1 heterocycles. The number of hydrogen-bond donors (Lipinski definition) is 0. The zero-order chi connectivity index (χ0) is 9.84. The monoisotopic (exact) mass is 180 g/mol. The summed E-state index contributed by atoms with van der Waals surface area (Å²) in [5.74, 6) is 0.209. The predicted octanol–water partition coefficient (Wildman–Crippen LogP) is 1.16. The molecule has 13 heavy (non-hydrogen) atoms. The zero-order valence-electron chi connectivity index (χ0n) is 8.45. The average molecular weight is 180 g/mol. The van der Waals surface area contributed by atoms with Crippen LogP contribution < -0.4 is 0 Å². The van der Waals surface area contributed by atoms with Gasteiger partial charge in [-0.1, -0.05) is 0 Å². The first-order valence-electron chi connectivity index (χ1n) is 4.40. The average Bonchev–Trinajstić information content (AvgIpc) is 2.47. The second kappa shape index (κ2) is 4.23. The number of carbonyl (C=O) groups is 1. The van der Waals surface area contributed by atoms with Gasteiger partial charge in [-0.05, 0) is 26.2 Å². The molecule has 1 rings (SSSR count). The van der Waals surface area contributed by atoms with Gasteiger partial charge in [0.25, 0.3) is 0 Å². The predicted molar refractivity (Wildman–Crippen MR) is 52.9 cm³/mol. The van der Waals surface area contributed by atoms with E-state index in [9.17, 15) is 4.79 Å². The Morgan fingerprint density at radius 1 is 1.54 bits per heavy atom. The topological polar surface area (TPSA) is 25.2 Å². The van der Waals surface area contributed by atoms with E-state index in [2.05, 4.69) is 0 Å². The molecule has 0 radical (unpaired) electrons. The summed E-state index contributed by atoms with van der Waals surface area (Å²) in [4.78, 5) is 13.6. The van der Waals surface area contributed by atoms with Gasteiger partial charge in [0.15, 0.2) is 5.78 Å². The van der Waals surface area contributed by atoms with Crippen LogP contribution in [-0.4, -0.2) is 35.9 Å². The van der Waals surface area contributed by atoms with Crippen LogP contribution in [0, 0.1) is 0 Å². The van der Waals surface area contributed by atoms with Crippen molar-refractivity contribution in [1.82, 2.24) is 9.47 Å². The smallest absolute Gasteiger partial charge is 0.180 e. The van der Waals surface area contributed by atoms with Gasteiger partial charge < -0.3 is 9.47 Å². The molecule has 0 bridgehead atoms. The van der Waals surface area contributed by atoms with Crippen LogP contribution in [0.4, 0.5) is 0 Å². The van der Waals surface area contributed by atoms with Crippen LogP contribution in [0.15, 0.2) is 18.3 Å². The minimum Gasteiger partial charge on any atom is -0.348 e. The van der Waals surface area contributed by atoms with Crippen LogP contribution in [-0.2, 0) is 7.05 Å². The lowest BCUT2D eigenvalue weighted by Crippen LogP contribution is -2.17. The molecular formula is C10H16N2O. The quantitative estimate of drug-likeness (QED) is 0.650. The van der Waals surface area contributed by atoms with Crippen molar-refractivity contribution >= 4 is 5.78 Å². The summed E-state index contributed by atoms with van der Waals surface area (Å²) < 4.78 is 1.86. The van der Waals surface area contributed by atoms with E-state index in [1.807, 2.05) is 48.9 Å². The first-order valence-corrected chi connectivity index (χ1v) is 4.40. The van der Waals surface area contributed by atoms with Crippen LogP contribution in [0.2, 0.25) is 0 Å². The molecule has 0 spiro atoms. The molecule has 0 fully saturated rings. The summed E-state index contributed by atoms with van der Waals surface area (Å²) in [6.45, 7) is 0.810. The molecule has 0 unspecified atom stereocenters. The van der Waals surface area contributed by atoms with Gasteiger partial charge in [-0.15, -0.1) is 0 Å². The van der Waals surface area contributed by atoms with Gasteiger partial charge in [0, 0.05) is 26.2 Å². The van der Waals surface area contributed by atoms with Gasteiger partial charge in [0.1, 0.15) is 0 Å². The lowest BCUT2D eigenvalue weighted by atomic mass is 10.2. The molecule has 1 aromatic rings. The highest BCUT2D eigenvalue weighted by Crippen LogP contribution is 2.03. The molecule has 0 atom stereocenters. The Balaban J connectivity index is 2.54. The third-order valence-corrected chi connectivity index (χ3v) is 2.02. The van der Waals surface area contributed by atoms with Crippen molar-refractivity contribution in [2.24, 2.45) is 7.05 Å². The summed E-state index contributed by atoms with van der Waals surface area (Å²) in [7, 11) is 5.83. The maximum absolute atomic E-state index is 11.6. The Morgan fingerprint density at radius 2 is 2.23 bits per heavy atom. The van der Waals surface area contributed by atoms with E-state index in [0.29, 0.717) is 6.42 Å². The molecule has 0 aliphatic rings. The zero-order valence-corrected chi connectivity index (χ0v) is 8.45. The Hall–Kier alpha value is -1.09. The number of aromatic nitrogens is 1. The fraction of sp³-hybridized carbons (Fsp3) is 0.500. The number of aryl methyl sites for hydroxylation is 1. The molecule has 3 heteroatoms. The molecule has 0 aliphatic carbocycles. The molecule has 0 amide bonds. The van der Waals surface area contributed by atoms with Crippen LogP contribution in [0.5, 0.6) is 0 Å². The van der Waals surface area contributed by atoms with E-state index in [0.717, 1.165) is 12.2 Å². The first kappa shape index (κ1) is 9.99. The summed E-state index contributed by atoms with van der Waals surface area (Å²) in [6, 6.07) is 3.75. The molecule has 0 N–H and O–H groups in total. The second-order valence-electron chi connectivity index (χ2n) is 3.48. The third kappa shape index (κ3) is 2.70. The van der Waals surface area contributed by atoms with Crippen molar-refractivity contribution in [1.29, 1.82) is 0 Å². The van der Waals surface area contributed by atoms with E-state index < -0.39 is 0 Å². The Kier molecular flexibility index (Phi) is 3.25. The van der Waals surface area contributed by atoms with Gasteiger partial charge in [-0.3, -0.25) is 4.79 Å². The number of hydrogen-bond acceptors (Lipinski definition) is 2. The lowest BCUT2D eigenvalue weighted by molar-refractivity contribution is 0.0964. The van der Waals surface area contributed by atoms with Crippen LogP contribution in [0.3, 0.4) is 0 Å². The van der Waals surface area contributed by atoms with E-state index in [4.69, 9.17) is 0 Å². The molecule has 72 valence electrons. The SMILES string of the molecule is CN(C)CCC(=O)c1cccn1C. The first-order chi connectivity index (χ1) is 6.11. The molecular weight excluding hydrogens is 164 g/mol. The molecule has 3 nitrogen and oxygen atoms in total. The second-order valence-corrected chi connectivity index (χ2v) is 3.48. The van der Waals surface area contributed by atoms with Crippen LogP contribution in [0.25, 0.3) is 0 Å². The van der Waals surface area contributed by atoms with Crippen molar-refractivity contribution in [3.8, 4) is 0 Å². The van der Waals surface area contributed by atoms with Gasteiger partial charge >= 0.3 is 0 Å². The minimum atomic E-state index is 0.209. The Labute approximate surface area is 79.0 Å². The molecule has 0 aliphatic heterocycles. The van der Waals surface area contributed by atoms with Gasteiger partial charge in [-0.2, -0.15) is 0 Å². The largest absolute Gasteiger partial charge is 0.348 e. The standard InChI is InChI=1S/C10H16N2O/c1-11(2)8-6-10(13)9-5-4-7-12(9)3/h4-5,7H,6,8H2,1-3H3. The van der Waals surface area contributed by atoms with E-state index in [1.54, 1.807) is 0 Å². The Bertz CT molecular complexity index is 289. The van der Waals surface area contributed by atoms with Crippen molar-refractivity contribution in [3.05, 3.63) is 24.0 Å². The maximum Gasteiger partial charge on any atom is 0.180 e. The lowest BCUT2D eigenvalue weighted by Gasteiger charge is -2.08. The van der Waals surface area contributed by atoms with Gasteiger partial charge in [0.05, 0.1) is 5.69 Å². The summed E-state index contributed by atoms with van der Waals surface area (Å²) in [6.07, 6.45) is 2.48. The number of nitrogens with zero attached hydrogens (tertiary/aromatic N) is 2. The molecule has 0 saturated carbocycles. The maximum atomic E-state index is 11.6. The molecule has 0 saturated heterocycles. The summed E-state index contributed by atoms with van der Waals surface area (Å²) in [5.41, 5.74) is 0.793. The molecule has 1 aromatic heterocycles. The van der Waals surface area contributed by atoms with E-state index in [1.165, 1.54) is 0 Å². The highest BCUT2D eigenvalue weighted by molar-refractivity contribution is 5.94. The number of Topliss-reactive ketones (excluding diaryl/α,β-unsaturated/α-hetero) is 1. The van der Waals surface area contributed by atoms with Crippen LogP contribution >= 0.6 is 0 Å². The van der Waals surface area contributed by atoms with Crippen molar-refractivity contribution < 1.29 is 4.79 Å². The minimum absolute atomic E-state index is 0.209. The van der Waals surface area contributed by atoms with Crippen molar-refractivity contribution in [3.63, 3.8) is 0 Å². The van der Waals surface area contributed by atoms with Crippen LogP contribution in [0.1, 0.15) is 16.9 Å². The normalized spacial score (nSPS) is 10.8. The summed E-state index contributed by atoms with van der Waals surface area (Å²) >= 11 is 0. The fourth-order valence-corrected chi connectivity index (χ4v) is 1.20. The van der Waals surface area contributed by atoms with E-state index in [-0.39, 0.29) is 5.78 Å². The highest BCUT2D eigenvalue weighted by atomic mass is 16.1. The third-order valence-electron chi connectivity index (χ3n) is 2.02. The van der Waals surface area contributed by atoms with Crippen molar-refractivity contribution in [2.45, 2.75) is 6.42 Å². The highest BCUT2D eigenvalue weighted by Gasteiger charge is 2.08. The van der Waals surface area contributed by atoms with E-state index >= 15 is 0 Å². The van der Waals surface area contributed by atoms with Crippen molar-refractivity contribution in [2.75, 3.05) is 20.6 Å². The number of ketones is 1. The molecule has 0 aromatic carbocycles. The van der Waals surface area contributed by atoms with Gasteiger partial charge in [0.2, 0.25) is 0 Å². The number of carbonyl (C=O) groups excluding carboxylic acids is 1.